The molecule has 2 N–H and O–H groups in total. The second kappa shape index (κ2) is 2.96. The third-order valence-corrected chi connectivity index (χ3v) is 2.19. The fourth-order valence-electron chi connectivity index (χ4n) is 1.45. The molecule has 0 amide bonds. The van der Waals surface area contributed by atoms with E-state index in [2.05, 4.69) is 9.97 Å². The van der Waals surface area contributed by atoms with E-state index in [4.69, 9.17) is 10.5 Å². The molecule has 2 heterocycles. The summed E-state index contributed by atoms with van der Waals surface area (Å²) in [6, 6.07) is -0.131. The summed E-state index contributed by atoms with van der Waals surface area (Å²) in [5, 5.41) is 0. The van der Waals surface area contributed by atoms with Crippen molar-refractivity contribution in [1.29, 1.82) is 0 Å². The van der Waals surface area contributed by atoms with Gasteiger partial charge in [0, 0.05) is 17.7 Å². The van der Waals surface area contributed by atoms with Crippen molar-refractivity contribution in [2.75, 3.05) is 6.61 Å². The van der Waals surface area contributed by atoms with Crippen molar-refractivity contribution in [3.63, 3.8) is 0 Å². The van der Waals surface area contributed by atoms with Gasteiger partial charge in [-0.2, -0.15) is 4.98 Å². The van der Waals surface area contributed by atoms with Gasteiger partial charge in [-0.25, -0.2) is 4.98 Å². The maximum absolute atomic E-state index is 5.70. The number of hydrogen-bond acceptors (Lipinski definition) is 4. The van der Waals surface area contributed by atoms with E-state index in [-0.39, 0.29) is 6.04 Å². The summed E-state index contributed by atoms with van der Waals surface area (Å²) in [5.74, 6) is 1.39. The first-order chi connectivity index (χ1) is 6.18. The minimum absolute atomic E-state index is 0.131. The molecule has 0 aromatic carbocycles. The molecular weight excluding hydrogens is 166 g/mol. The summed E-state index contributed by atoms with van der Waals surface area (Å²) in [6.07, 6.45) is 0.917. The van der Waals surface area contributed by atoms with Crippen molar-refractivity contribution >= 4 is 0 Å². The lowest BCUT2D eigenvalue weighted by Gasteiger charge is -2.07. The van der Waals surface area contributed by atoms with Crippen LogP contribution in [0.1, 0.15) is 30.0 Å². The van der Waals surface area contributed by atoms with Crippen LogP contribution in [0.15, 0.2) is 0 Å². The van der Waals surface area contributed by atoms with Gasteiger partial charge in [-0.1, -0.05) is 0 Å². The molecule has 1 atom stereocenters. The standard InChI is InChI=1S/C9H13N3O/c1-5(10)8-11-6(2)7-3-4-13-9(7)12-8/h5H,3-4,10H2,1-2H3. The lowest BCUT2D eigenvalue weighted by Crippen LogP contribution is -2.11. The van der Waals surface area contributed by atoms with Gasteiger partial charge >= 0.3 is 0 Å². The fraction of sp³-hybridized carbons (Fsp3) is 0.556. The number of fused-ring (bicyclic) bond motifs is 1. The topological polar surface area (TPSA) is 61.0 Å². The van der Waals surface area contributed by atoms with Crippen molar-refractivity contribution in [3.05, 3.63) is 17.1 Å². The van der Waals surface area contributed by atoms with Crippen LogP contribution in [0.4, 0.5) is 0 Å². The Kier molecular flexibility index (Phi) is 1.92. The molecule has 0 saturated heterocycles. The molecule has 4 nitrogen and oxygen atoms in total. The summed E-state index contributed by atoms with van der Waals surface area (Å²) in [7, 11) is 0. The summed E-state index contributed by atoms with van der Waals surface area (Å²) in [5.41, 5.74) is 7.82. The van der Waals surface area contributed by atoms with E-state index in [0.29, 0.717) is 12.4 Å². The smallest absolute Gasteiger partial charge is 0.220 e. The van der Waals surface area contributed by atoms with E-state index >= 15 is 0 Å². The molecule has 1 aromatic rings. The largest absolute Gasteiger partial charge is 0.477 e. The molecule has 0 spiro atoms. The van der Waals surface area contributed by atoms with E-state index in [1.54, 1.807) is 0 Å². The molecule has 0 fully saturated rings. The van der Waals surface area contributed by atoms with E-state index in [9.17, 15) is 0 Å². The first-order valence-corrected chi connectivity index (χ1v) is 4.44. The van der Waals surface area contributed by atoms with Crippen LogP contribution in [0.3, 0.4) is 0 Å². The lowest BCUT2D eigenvalue weighted by atomic mass is 10.2. The van der Waals surface area contributed by atoms with Crippen molar-refractivity contribution in [3.8, 4) is 5.88 Å². The Morgan fingerprint density at radius 1 is 1.46 bits per heavy atom. The maximum atomic E-state index is 5.70. The number of hydrogen-bond donors (Lipinski definition) is 1. The molecule has 0 bridgehead atoms. The lowest BCUT2D eigenvalue weighted by molar-refractivity contribution is 0.342. The van der Waals surface area contributed by atoms with Gasteiger partial charge in [-0.05, 0) is 13.8 Å². The minimum atomic E-state index is -0.131. The van der Waals surface area contributed by atoms with Crippen LogP contribution in [0.2, 0.25) is 0 Å². The number of aryl methyl sites for hydroxylation is 1. The van der Waals surface area contributed by atoms with E-state index in [1.807, 2.05) is 13.8 Å². The second-order valence-electron chi connectivity index (χ2n) is 3.34. The molecule has 1 aliphatic rings. The summed E-state index contributed by atoms with van der Waals surface area (Å²) >= 11 is 0. The average Bonchev–Trinajstić information content (AvgIpc) is 2.51. The maximum Gasteiger partial charge on any atom is 0.220 e. The molecule has 13 heavy (non-hydrogen) atoms. The van der Waals surface area contributed by atoms with Gasteiger partial charge in [0.05, 0.1) is 12.6 Å². The Hall–Kier alpha value is -1.16. The third-order valence-electron chi connectivity index (χ3n) is 2.19. The van der Waals surface area contributed by atoms with Crippen molar-refractivity contribution in [2.45, 2.75) is 26.3 Å². The van der Waals surface area contributed by atoms with Gasteiger partial charge in [0.1, 0.15) is 5.82 Å². The highest BCUT2D eigenvalue weighted by Crippen LogP contribution is 2.25. The monoisotopic (exact) mass is 179 g/mol. The quantitative estimate of drug-likeness (QED) is 0.690. The Bertz CT molecular complexity index is 336. The highest BCUT2D eigenvalue weighted by Gasteiger charge is 2.19. The first-order valence-electron chi connectivity index (χ1n) is 4.44. The van der Waals surface area contributed by atoms with Crippen LogP contribution in [0, 0.1) is 6.92 Å². The predicted molar refractivity (Wildman–Crippen MR) is 48.6 cm³/mol. The summed E-state index contributed by atoms with van der Waals surface area (Å²) < 4.78 is 5.36. The second-order valence-corrected chi connectivity index (χ2v) is 3.34. The molecule has 0 saturated carbocycles. The van der Waals surface area contributed by atoms with Crippen molar-refractivity contribution < 1.29 is 4.74 Å². The molecular formula is C9H13N3O. The average molecular weight is 179 g/mol. The molecule has 2 rings (SSSR count). The van der Waals surface area contributed by atoms with Crippen LogP contribution in [0.5, 0.6) is 5.88 Å². The van der Waals surface area contributed by atoms with E-state index < -0.39 is 0 Å². The summed E-state index contributed by atoms with van der Waals surface area (Å²) in [6.45, 7) is 4.56. The molecule has 0 aliphatic carbocycles. The normalized spacial score (nSPS) is 16.5. The third kappa shape index (κ3) is 1.37. The van der Waals surface area contributed by atoms with Crippen LogP contribution in [0.25, 0.3) is 0 Å². The predicted octanol–water partition coefficient (Wildman–Crippen LogP) is 0.740. The SMILES string of the molecule is Cc1nc(C(C)N)nc2c1CCO2. The van der Waals surface area contributed by atoms with Gasteiger partial charge in [-0.3, -0.25) is 0 Å². The number of ether oxygens (including phenoxy) is 1. The number of rotatable bonds is 1. The van der Waals surface area contributed by atoms with Gasteiger partial charge in [-0.15, -0.1) is 0 Å². The summed E-state index contributed by atoms with van der Waals surface area (Å²) in [4.78, 5) is 8.58. The Balaban J connectivity index is 2.49. The fourth-order valence-corrected chi connectivity index (χ4v) is 1.45. The molecule has 0 radical (unpaired) electrons. The Morgan fingerprint density at radius 3 is 2.92 bits per heavy atom. The Morgan fingerprint density at radius 2 is 2.23 bits per heavy atom. The van der Waals surface area contributed by atoms with Gasteiger partial charge in [0.2, 0.25) is 5.88 Å². The highest BCUT2D eigenvalue weighted by atomic mass is 16.5. The molecule has 1 unspecified atom stereocenters. The molecule has 70 valence electrons. The zero-order valence-corrected chi connectivity index (χ0v) is 7.87. The number of nitrogens with two attached hydrogens (primary N) is 1. The zero-order chi connectivity index (χ0) is 9.42. The van der Waals surface area contributed by atoms with E-state index in [0.717, 1.165) is 23.6 Å². The van der Waals surface area contributed by atoms with Crippen LogP contribution < -0.4 is 10.5 Å². The van der Waals surface area contributed by atoms with Crippen LogP contribution in [-0.4, -0.2) is 16.6 Å². The van der Waals surface area contributed by atoms with Crippen molar-refractivity contribution in [2.24, 2.45) is 5.73 Å². The molecule has 1 aromatic heterocycles. The van der Waals surface area contributed by atoms with Gasteiger partial charge < -0.3 is 10.5 Å². The van der Waals surface area contributed by atoms with Crippen molar-refractivity contribution in [1.82, 2.24) is 9.97 Å². The number of nitrogens with zero attached hydrogens (tertiary/aromatic N) is 2. The first kappa shape index (κ1) is 8.44. The Labute approximate surface area is 77.1 Å². The van der Waals surface area contributed by atoms with Gasteiger partial charge in [0.25, 0.3) is 0 Å². The van der Waals surface area contributed by atoms with Crippen LogP contribution >= 0.6 is 0 Å². The highest BCUT2D eigenvalue weighted by molar-refractivity contribution is 5.33. The zero-order valence-electron chi connectivity index (χ0n) is 7.87. The minimum Gasteiger partial charge on any atom is -0.477 e. The number of aromatic nitrogens is 2. The van der Waals surface area contributed by atoms with E-state index in [1.165, 1.54) is 0 Å². The van der Waals surface area contributed by atoms with Crippen LogP contribution in [-0.2, 0) is 6.42 Å². The molecule has 1 aliphatic heterocycles. The van der Waals surface area contributed by atoms with Gasteiger partial charge in [0.15, 0.2) is 0 Å². The molecule has 4 heteroatoms.